The van der Waals surface area contributed by atoms with Gasteiger partial charge in [-0.1, -0.05) is 27.6 Å². The van der Waals surface area contributed by atoms with E-state index in [4.69, 9.17) is 4.74 Å². The summed E-state index contributed by atoms with van der Waals surface area (Å²) in [7, 11) is 0. The van der Waals surface area contributed by atoms with Gasteiger partial charge in [0.2, 0.25) is 0 Å². The third kappa shape index (κ3) is 3.99. The van der Waals surface area contributed by atoms with E-state index in [-0.39, 0.29) is 0 Å². The Labute approximate surface area is 105 Å². The molecule has 0 spiro atoms. The molecule has 0 saturated heterocycles. The van der Waals surface area contributed by atoms with Crippen LogP contribution < -0.4 is 4.74 Å². The molecule has 88 valence electrons. The van der Waals surface area contributed by atoms with Gasteiger partial charge in [-0.15, -0.1) is 0 Å². The quantitative estimate of drug-likeness (QED) is 0.851. The molecule has 1 aromatic carbocycles. The Morgan fingerprint density at radius 3 is 2.75 bits per heavy atom. The SMILES string of the molecule is CC(C)=CCOc1cc(Br)ccc1[C@H](C)O. The smallest absolute Gasteiger partial charge is 0.126 e. The van der Waals surface area contributed by atoms with E-state index < -0.39 is 6.10 Å². The Bertz CT molecular complexity index is 380. The first-order valence-electron chi connectivity index (χ1n) is 5.24. The number of aliphatic hydroxyl groups is 1. The molecule has 1 N–H and O–H groups in total. The Hall–Kier alpha value is -0.800. The van der Waals surface area contributed by atoms with E-state index in [1.807, 2.05) is 38.1 Å². The van der Waals surface area contributed by atoms with Crippen LogP contribution in [0.15, 0.2) is 34.3 Å². The van der Waals surface area contributed by atoms with Crippen molar-refractivity contribution >= 4 is 15.9 Å². The molecule has 1 rings (SSSR count). The normalized spacial score (nSPS) is 12.1. The average molecular weight is 285 g/mol. The van der Waals surface area contributed by atoms with Gasteiger partial charge in [-0.25, -0.2) is 0 Å². The fraction of sp³-hybridized carbons (Fsp3) is 0.385. The largest absolute Gasteiger partial charge is 0.489 e. The van der Waals surface area contributed by atoms with Crippen molar-refractivity contribution in [2.24, 2.45) is 0 Å². The minimum Gasteiger partial charge on any atom is -0.489 e. The van der Waals surface area contributed by atoms with E-state index >= 15 is 0 Å². The third-order valence-corrected chi connectivity index (χ3v) is 2.65. The number of rotatable bonds is 4. The van der Waals surface area contributed by atoms with Crippen LogP contribution in [0.3, 0.4) is 0 Å². The zero-order valence-corrected chi connectivity index (χ0v) is 11.4. The monoisotopic (exact) mass is 284 g/mol. The van der Waals surface area contributed by atoms with Gasteiger partial charge in [-0.2, -0.15) is 0 Å². The van der Waals surface area contributed by atoms with Crippen LogP contribution in [0.25, 0.3) is 0 Å². The van der Waals surface area contributed by atoms with Crippen molar-refractivity contribution in [3.63, 3.8) is 0 Å². The summed E-state index contributed by atoms with van der Waals surface area (Å²) < 4.78 is 6.57. The molecule has 0 amide bonds. The van der Waals surface area contributed by atoms with Gasteiger partial charge < -0.3 is 9.84 Å². The summed E-state index contributed by atoms with van der Waals surface area (Å²) in [4.78, 5) is 0. The van der Waals surface area contributed by atoms with Gasteiger partial charge >= 0.3 is 0 Å². The van der Waals surface area contributed by atoms with Crippen LogP contribution in [-0.4, -0.2) is 11.7 Å². The Kier molecular flexibility index (Phi) is 5.03. The molecule has 0 aliphatic carbocycles. The van der Waals surface area contributed by atoms with E-state index in [0.717, 1.165) is 15.8 Å². The molecule has 0 bridgehead atoms. The number of allylic oxidation sites excluding steroid dienone is 1. The maximum absolute atomic E-state index is 9.59. The second-order valence-corrected chi connectivity index (χ2v) is 4.87. The highest BCUT2D eigenvalue weighted by molar-refractivity contribution is 9.10. The predicted octanol–water partition coefficient (Wildman–Crippen LogP) is 3.85. The van der Waals surface area contributed by atoms with Crippen molar-refractivity contribution in [1.29, 1.82) is 0 Å². The van der Waals surface area contributed by atoms with Crippen LogP contribution >= 0.6 is 15.9 Å². The maximum Gasteiger partial charge on any atom is 0.126 e. The van der Waals surface area contributed by atoms with Crippen molar-refractivity contribution in [2.75, 3.05) is 6.61 Å². The van der Waals surface area contributed by atoms with Crippen molar-refractivity contribution < 1.29 is 9.84 Å². The lowest BCUT2D eigenvalue weighted by molar-refractivity contribution is 0.193. The molecule has 0 saturated carbocycles. The highest BCUT2D eigenvalue weighted by atomic mass is 79.9. The van der Waals surface area contributed by atoms with Crippen LogP contribution in [0.5, 0.6) is 5.75 Å². The number of hydrogen-bond donors (Lipinski definition) is 1. The lowest BCUT2D eigenvalue weighted by atomic mass is 10.1. The standard InChI is InChI=1S/C13H17BrO2/c1-9(2)6-7-16-13-8-11(14)4-5-12(13)10(3)15/h4-6,8,10,15H,7H2,1-3H3/t10-/m0/s1. The molecule has 0 heterocycles. The molecule has 16 heavy (non-hydrogen) atoms. The Morgan fingerprint density at radius 2 is 2.19 bits per heavy atom. The molecule has 0 aliphatic rings. The van der Waals surface area contributed by atoms with Crippen LogP contribution in [0.1, 0.15) is 32.4 Å². The molecule has 2 nitrogen and oxygen atoms in total. The summed E-state index contributed by atoms with van der Waals surface area (Å²) in [5.41, 5.74) is 2.03. The number of hydrogen-bond acceptors (Lipinski definition) is 2. The summed E-state index contributed by atoms with van der Waals surface area (Å²) in [5, 5.41) is 9.59. The molecule has 0 unspecified atom stereocenters. The zero-order chi connectivity index (χ0) is 12.1. The molecule has 3 heteroatoms. The second kappa shape index (κ2) is 6.06. The summed E-state index contributed by atoms with van der Waals surface area (Å²) >= 11 is 3.39. The predicted molar refractivity (Wildman–Crippen MR) is 69.7 cm³/mol. The van der Waals surface area contributed by atoms with E-state index in [1.54, 1.807) is 6.92 Å². The molecule has 0 radical (unpaired) electrons. The summed E-state index contributed by atoms with van der Waals surface area (Å²) in [6, 6.07) is 5.64. The van der Waals surface area contributed by atoms with Crippen LogP contribution in [-0.2, 0) is 0 Å². The van der Waals surface area contributed by atoms with Gasteiger partial charge in [-0.05, 0) is 39.0 Å². The number of ether oxygens (including phenoxy) is 1. The highest BCUT2D eigenvalue weighted by Crippen LogP contribution is 2.28. The summed E-state index contributed by atoms with van der Waals surface area (Å²) in [5.74, 6) is 0.724. The topological polar surface area (TPSA) is 29.5 Å². The highest BCUT2D eigenvalue weighted by Gasteiger charge is 2.09. The molecular formula is C13H17BrO2. The summed E-state index contributed by atoms with van der Waals surface area (Å²) in [6.07, 6.45) is 1.49. The van der Waals surface area contributed by atoms with Gasteiger partial charge in [-0.3, -0.25) is 0 Å². The number of benzene rings is 1. The molecule has 1 aromatic rings. The van der Waals surface area contributed by atoms with E-state index in [2.05, 4.69) is 15.9 Å². The van der Waals surface area contributed by atoms with Crippen molar-refractivity contribution in [3.8, 4) is 5.75 Å². The summed E-state index contributed by atoms with van der Waals surface area (Å²) in [6.45, 7) is 6.31. The first-order chi connectivity index (χ1) is 7.50. The van der Waals surface area contributed by atoms with Gasteiger partial charge in [0.15, 0.2) is 0 Å². The second-order valence-electron chi connectivity index (χ2n) is 3.95. The van der Waals surface area contributed by atoms with Crippen LogP contribution in [0.2, 0.25) is 0 Å². The van der Waals surface area contributed by atoms with Crippen molar-refractivity contribution in [2.45, 2.75) is 26.9 Å². The number of halogens is 1. The minimum atomic E-state index is -0.519. The minimum absolute atomic E-state index is 0.519. The van der Waals surface area contributed by atoms with E-state index in [0.29, 0.717) is 6.61 Å². The van der Waals surface area contributed by atoms with Gasteiger partial charge in [0, 0.05) is 10.0 Å². The van der Waals surface area contributed by atoms with Crippen molar-refractivity contribution in [1.82, 2.24) is 0 Å². The van der Waals surface area contributed by atoms with Gasteiger partial charge in [0.25, 0.3) is 0 Å². The van der Waals surface area contributed by atoms with Crippen molar-refractivity contribution in [3.05, 3.63) is 39.9 Å². The Balaban J connectivity index is 2.84. The van der Waals surface area contributed by atoms with Gasteiger partial charge in [0.1, 0.15) is 12.4 Å². The number of aliphatic hydroxyl groups excluding tert-OH is 1. The lowest BCUT2D eigenvalue weighted by Gasteiger charge is -2.12. The maximum atomic E-state index is 9.59. The zero-order valence-electron chi connectivity index (χ0n) is 9.83. The lowest BCUT2D eigenvalue weighted by Crippen LogP contribution is -2.00. The first-order valence-corrected chi connectivity index (χ1v) is 6.03. The van der Waals surface area contributed by atoms with Crippen LogP contribution in [0, 0.1) is 0 Å². The van der Waals surface area contributed by atoms with Crippen LogP contribution in [0.4, 0.5) is 0 Å². The fourth-order valence-electron chi connectivity index (χ4n) is 1.28. The molecular weight excluding hydrogens is 268 g/mol. The van der Waals surface area contributed by atoms with Gasteiger partial charge in [0.05, 0.1) is 6.10 Å². The molecule has 1 atom stereocenters. The first kappa shape index (κ1) is 13.3. The Morgan fingerprint density at radius 1 is 1.50 bits per heavy atom. The fourth-order valence-corrected chi connectivity index (χ4v) is 1.62. The average Bonchev–Trinajstić information content (AvgIpc) is 2.16. The van der Waals surface area contributed by atoms with E-state index in [1.165, 1.54) is 5.57 Å². The third-order valence-electron chi connectivity index (χ3n) is 2.16. The molecule has 0 aromatic heterocycles. The van der Waals surface area contributed by atoms with E-state index in [9.17, 15) is 5.11 Å². The molecule has 0 aliphatic heterocycles. The molecule has 0 fully saturated rings.